The van der Waals surface area contributed by atoms with Gasteiger partial charge < -0.3 is 4.74 Å². The smallest absolute Gasteiger partial charge is 0.196 e. The largest absolute Gasteiger partial charge is 0.363 e. The second kappa shape index (κ2) is 12.3. The van der Waals surface area contributed by atoms with Gasteiger partial charge in [-0.25, -0.2) is 0 Å². The number of rotatable bonds is 7. The maximum Gasteiger partial charge on any atom is 0.196 e. The van der Waals surface area contributed by atoms with Crippen LogP contribution in [0.25, 0.3) is 0 Å². The maximum absolute atomic E-state index is 12.6. The molecule has 0 aliphatic heterocycles. The first-order valence-corrected chi connectivity index (χ1v) is 11.0. The van der Waals surface area contributed by atoms with Gasteiger partial charge in [0.1, 0.15) is 6.10 Å². The standard InChI is InChI=1S/C17H18O2.C13H10O/c1-13(2)19-17(15-11-7-4-8-12-15)16(18)14-9-5-3-6-10-14;14-13(11-7-3-1-4-8-11)12-9-5-2-6-10-12/h3-13,17H,1-2H3;1-10H. The van der Waals surface area contributed by atoms with Crippen LogP contribution in [0.2, 0.25) is 0 Å². The lowest BCUT2D eigenvalue weighted by Crippen LogP contribution is -2.19. The summed E-state index contributed by atoms with van der Waals surface area (Å²) < 4.78 is 5.80. The average Bonchev–Trinajstić information content (AvgIpc) is 2.89. The molecule has 0 heterocycles. The Morgan fingerprint density at radius 2 is 0.909 bits per heavy atom. The van der Waals surface area contributed by atoms with Crippen LogP contribution in [-0.2, 0) is 4.74 Å². The molecule has 0 bridgehead atoms. The van der Waals surface area contributed by atoms with Crippen LogP contribution in [0.15, 0.2) is 121 Å². The molecule has 0 aromatic heterocycles. The van der Waals surface area contributed by atoms with Gasteiger partial charge in [0.2, 0.25) is 0 Å². The summed E-state index contributed by atoms with van der Waals surface area (Å²) in [6.45, 7) is 3.88. The van der Waals surface area contributed by atoms with E-state index < -0.39 is 6.10 Å². The normalized spacial score (nSPS) is 11.2. The Kier molecular flexibility index (Phi) is 8.87. The van der Waals surface area contributed by atoms with Crippen LogP contribution in [0.1, 0.15) is 51.8 Å². The molecule has 0 fully saturated rings. The molecule has 0 saturated heterocycles. The highest BCUT2D eigenvalue weighted by Crippen LogP contribution is 2.23. The van der Waals surface area contributed by atoms with Crippen molar-refractivity contribution in [3.8, 4) is 0 Å². The van der Waals surface area contributed by atoms with Crippen molar-refractivity contribution in [3.63, 3.8) is 0 Å². The van der Waals surface area contributed by atoms with E-state index in [1.807, 2.05) is 135 Å². The van der Waals surface area contributed by atoms with Crippen molar-refractivity contribution in [2.75, 3.05) is 0 Å². The molecule has 1 atom stereocenters. The third-order valence-corrected chi connectivity index (χ3v) is 4.88. The van der Waals surface area contributed by atoms with Crippen molar-refractivity contribution in [1.29, 1.82) is 0 Å². The fourth-order valence-electron chi connectivity index (χ4n) is 3.29. The topological polar surface area (TPSA) is 43.4 Å². The number of carbonyl (C=O) groups is 2. The summed E-state index contributed by atoms with van der Waals surface area (Å²) in [7, 11) is 0. The molecular weight excluding hydrogens is 408 g/mol. The van der Waals surface area contributed by atoms with E-state index >= 15 is 0 Å². The molecule has 4 rings (SSSR count). The van der Waals surface area contributed by atoms with E-state index in [0.717, 1.165) is 16.7 Å². The van der Waals surface area contributed by atoms with Crippen LogP contribution >= 0.6 is 0 Å². The van der Waals surface area contributed by atoms with Gasteiger partial charge in [-0.05, 0) is 19.4 Å². The van der Waals surface area contributed by atoms with Crippen molar-refractivity contribution >= 4 is 11.6 Å². The second-order valence-corrected chi connectivity index (χ2v) is 7.77. The van der Waals surface area contributed by atoms with E-state index in [0.29, 0.717) is 5.56 Å². The molecule has 0 amide bonds. The van der Waals surface area contributed by atoms with Crippen molar-refractivity contribution in [2.45, 2.75) is 26.1 Å². The van der Waals surface area contributed by atoms with Gasteiger partial charge >= 0.3 is 0 Å². The quantitative estimate of drug-likeness (QED) is 0.294. The number of carbonyl (C=O) groups excluding carboxylic acids is 2. The van der Waals surface area contributed by atoms with Gasteiger partial charge in [-0.3, -0.25) is 9.59 Å². The molecule has 0 aliphatic rings. The summed E-state index contributed by atoms with van der Waals surface area (Å²) in [6.07, 6.45) is -0.540. The summed E-state index contributed by atoms with van der Waals surface area (Å²) in [4.78, 5) is 24.4. The minimum absolute atomic E-state index is 0.000463. The Hall–Kier alpha value is -3.82. The van der Waals surface area contributed by atoms with Gasteiger partial charge in [0.05, 0.1) is 6.10 Å². The summed E-state index contributed by atoms with van der Waals surface area (Å²) >= 11 is 0. The van der Waals surface area contributed by atoms with E-state index in [1.165, 1.54) is 0 Å². The van der Waals surface area contributed by atoms with Gasteiger partial charge in [-0.15, -0.1) is 0 Å². The summed E-state index contributed by atoms with van der Waals surface area (Å²) in [6, 6.07) is 37.5. The molecular formula is C30H28O3. The van der Waals surface area contributed by atoms with Crippen LogP contribution in [0.4, 0.5) is 0 Å². The first-order valence-electron chi connectivity index (χ1n) is 11.0. The maximum atomic E-state index is 12.6. The molecule has 33 heavy (non-hydrogen) atoms. The van der Waals surface area contributed by atoms with E-state index in [-0.39, 0.29) is 17.7 Å². The molecule has 4 aromatic carbocycles. The Balaban J connectivity index is 0.000000194. The highest BCUT2D eigenvalue weighted by molar-refractivity contribution is 6.08. The lowest BCUT2D eigenvalue weighted by Gasteiger charge is -2.19. The minimum atomic E-state index is -0.538. The zero-order valence-electron chi connectivity index (χ0n) is 18.9. The highest BCUT2D eigenvalue weighted by Gasteiger charge is 2.23. The number of ether oxygens (including phenoxy) is 1. The fourth-order valence-corrected chi connectivity index (χ4v) is 3.29. The van der Waals surface area contributed by atoms with Crippen molar-refractivity contribution in [1.82, 2.24) is 0 Å². The van der Waals surface area contributed by atoms with Crippen LogP contribution in [0.5, 0.6) is 0 Å². The Morgan fingerprint density at radius 1 is 0.545 bits per heavy atom. The number of ketones is 2. The van der Waals surface area contributed by atoms with Crippen LogP contribution in [0.3, 0.4) is 0 Å². The van der Waals surface area contributed by atoms with Gasteiger partial charge in [-0.2, -0.15) is 0 Å². The fraction of sp³-hybridized carbons (Fsp3) is 0.133. The van der Waals surface area contributed by atoms with E-state index in [1.54, 1.807) is 0 Å². The molecule has 0 radical (unpaired) electrons. The van der Waals surface area contributed by atoms with Crippen LogP contribution < -0.4 is 0 Å². The van der Waals surface area contributed by atoms with Crippen molar-refractivity contribution in [3.05, 3.63) is 144 Å². The molecule has 4 aromatic rings. The number of hydrogen-bond acceptors (Lipinski definition) is 3. The third-order valence-electron chi connectivity index (χ3n) is 4.88. The number of benzene rings is 4. The van der Waals surface area contributed by atoms with E-state index in [4.69, 9.17) is 4.74 Å². The molecule has 0 N–H and O–H groups in total. The van der Waals surface area contributed by atoms with Crippen LogP contribution in [0, 0.1) is 0 Å². The Bertz CT molecular complexity index is 1080. The van der Waals surface area contributed by atoms with Crippen molar-refractivity contribution in [2.24, 2.45) is 0 Å². The minimum Gasteiger partial charge on any atom is -0.363 e. The Morgan fingerprint density at radius 3 is 1.30 bits per heavy atom. The van der Waals surface area contributed by atoms with Gasteiger partial charge in [0.15, 0.2) is 11.6 Å². The van der Waals surface area contributed by atoms with Crippen LogP contribution in [-0.4, -0.2) is 17.7 Å². The molecule has 3 heteroatoms. The monoisotopic (exact) mass is 436 g/mol. The van der Waals surface area contributed by atoms with Crippen molar-refractivity contribution < 1.29 is 14.3 Å². The predicted molar refractivity (Wildman–Crippen MR) is 132 cm³/mol. The van der Waals surface area contributed by atoms with E-state index in [9.17, 15) is 9.59 Å². The van der Waals surface area contributed by atoms with Gasteiger partial charge in [-0.1, -0.05) is 121 Å². The zero-order chi connectivity index (χ0) is 23.5. The first-order chi connectivity index (χ1) is 16.1. The predicted octanol–water partition coefficient (Wildman–Crippen LogP) is 6.95. The lowest BCUT2D eigenvalue weighted by atomic mass is 9.99. The Labute approximate surface area is 195 Å². The second-order valence-electron chi connectivity index (χ2n) is 7.77. The molecule has 0 saturated carbocycles. The molecule has 3 nitrogen and oxygen atoms in total. The first kappa shape index (κ1) is 23.8. The summed E-state index contributed by atoms with van der Waals surface area (Å²) in [5.74, 6) is 0.0756. The zero-order valence-corrected chi connectivity index (χ0v) is 18.9. The van der Waals surface area contributed by atoms with E-state index in [2.05, 4.69) is 0 Å². The average molecular weight is 437 g/mol. The molecule has 166 valence electrons. The summed E-state index contributed by atoms with van der Waals surface area (Å²) in [5, 5.41) is 0. The van der Waals surface area contributed by atoms with Gasteiger partial charge in [0.25, 0.3) is 0 Å². The molecule has 0 spiro atoms. The SMILES string of the molecule is CC(C)OC(C(=O)c1ccccc1)c1ccccc1.O=C(c1ccccc1)c1ccccc1. The highest BCUT2D eigenvalue weighted by atomic mass is 16.5. The molecule has 1 unspecified atom stereocenters. The number of hydrogen-bond donors (Lipinski definition) is 0. The number of Topliss-reactive ketones (excluding diaryl/α,β-unsaturated/α-hetero) is 1. The summed E-state index contributed by atoms with van der Waals surface area (Å²) in [5.41, 5.74) is 3.04. The lowest BCUT2D eigenvalue weighted by molar-refractivity contribution is 0.0114. The third kappa shape index (κ3) is 7.09. The molecule has 0 aliphatic carbocycles. The van der Waals surface area contributed by atoms with Gasteiger partial charge in [0, 0.05) is 16.7 Å².